The van der Waals surface area contributed by atoms with Gasteiger partial charge in [0.15, 0.2) is 0 Å². The summed E-state index contributed by atoms with van der Waals surface area (Å²) < 4.78 is 32.7. The van der Waals surface area contributed by atoms with E-state index in [-0.39, 0.29) is 12.1 Å². The van der Waals surface area contributed by atoms with Crippen LogP contribution in [0, 0.1) is 23.0 Å². The van der Waals surface area contributed by atoms with Crippen LogP contribution in [0.3, 0.4) is 0 Å². The van der Waals surface area contributed by atoms with Crippen LogP contribution in [-0.2, 0) is 9.53 Å². The Bertz CT molecular complexity index is 661. The average molecular weight is 308 g/mol. The lowest BCUT2D eigenvalue weighted by atomic mass is 9.98. The van der Waals surface area contributed by atoms with Crippen LogP contribution in [0.5, 0.6) is 0 Å². The van der Waals surface area contributed by atoms with E-state index in [1.165, 1.54) is 14.0 Å². The number of nitrogens with zero attached hydrogens (tertiary/aromatic N) is 2. The minimum absolute atomic E-state index is 0.198. The van der Waals surface area contributed by atoms with Crippen molar-refractivity contribution in [2.24, 2.45) is 0 Å². The highest BCUT2D eigenvalue weighted by molar-refractivity contribution is 5.99. The standard InChI is InChI=1S/C15H14F2N2O3/c1-15(14(21)22-2)4-3-5-19(15)13(20)12-10(16)6-9(8-18)7-11(12)17/h6-7H,3-5H2,1-2H3/t15-/m1/s1. The largest absolute Gasteiger partial charge is 0.467 e. The molecule has 1 aromatic carbocycles. The molecule has 1 aromatic rings. The van der Waals surface area contributed by atoms with E-state index in [4.69, 9.17) is 5.26 Å². The first kappa shape index (κ1) is 15.9. The molecular formula is C15H14F2N2O3. The summed E-state index contributed by atoms with van der Waals surface area (Å²) in [6.45, 7) is 1.70. The van der Waals surface area contributed by atoms with Crippen LogP contribution in [0.2, 0.25) is 0 Å². The predicted molar refractivity (Wildman–Crippen MR) is 71.8 cm³/mol. The molecule has 2 rings (SSSR count). The number of halogens is 2. The second-order valence-electron chi connectivity index (χ2n) is 5.25. The number of hydrogen-bond donors (Lipinski definition) is 0. The van der Waals surface area contributed by atoms with Gasteiger partial charge in [0.1, 0.15) is 22.7 Å². The third kappa shape index (κ3) is 2.41. The van der Waals surface area contributed by atoms with Crippen molar-refractivity contribution in [3.05, 3.63) is 34.9 Å². The van der Waals surface area contributed by atoms with Gasteiger partial charge in [-0.3, -0.25) is 4.79 Å². The maximum Gasteiger partial charge on any atom is 0.331 e. The molecule has 0 aromatic heterocycles. The van der Waals surface area contributed by atoms with Gasteiger partial charge in [-0.1, -0.05) is 0 Å². The predicted octanol–water partition coefficient (Wildman–Crippen LogP) is 2.00. The summed E-state index contributed by atoms with van der Waals surface area (Å²) >= 11 is 0. The zero-order valence-electron chi connectivity index (χ0n) is 12.2. The highest BCUT2D eigenvalue weighted by Gasteiger charge is 2.47. The van der Waals surface area contributed by atoms with Crippen LogP contribution in [0.15, 0.2) is 12.1 Å². The zero-order chi connectivity index (χ0) is 16.5. The van der Waals surface area contributed by atoms with Crippen molar-refractivity contribution < 1.29 is 23.1 Å². The van der Waals surface area contributed by atoms with E-state index < -0.39 is 34.6 Å². The van der Waals surface area contributed by atoms with Gasteiger partial charge in [-0.05, 0) is 31.9 Å². The summed E-state index contributed by atoms with van der Waals surface area (Å²) in [7, 11) is 1.19. The fourth-order valence-electron chi connectivity index (χ4n) is 2.70. The first-order valence-corrected chi connectivity index (χ1v) is 6.64. The maximum absolute atomic E-state index is 14.0. The summed E-state index contributed by atoms with van der Waals surface area (Å²) in [5, 5.41) is 8.68. The minimum Gasteiger partial charge on any atom is -0.467 e. The van der Waals surface area contributed by atoms with Crippen LogP contribution in [0.1, 0.15) is 35.7 Å². The van der Waals surface area contributed by atoms with E-state index in [0.29, 0.717) is 12.8 Å². The lowest BCUT2D eigenvalue weighted by molar-refractivity contribution is -0.151. The van der Waals surface area contributed by atoms with Gasteiger partial charge in [0.2, 0.25) is 0 Å². The summed E-state index contributed by atoms with van der Waals surface area (Å²) in [4.78, 5) is 25.5. The summed E-state index contributed by atoms with van der Waals surface area (Å²) in [5.41, 5.74) is -2.24. The number of amides is 1. The van der Waals surface area contributed by atoms with Crippen molar-refractivity contribution in [1.29, 1.82) is 5.26 Å². The van der Waals surface area contributed by atoms with Crippen molar-refractivity contribution in [3.8, 4) is 6.07 Å². The molecule has 1 aliphatic heterocycles. The number of methoxy groups -OCH3 is 1. The third-order valence-electron chi connectivity index (χ3n) is 3.90. The molecule has 0 saturated carbocycles. The Morgan fingerprint density at radius 1 is 1.36 bits per heavy atom. The molecule has 5 nitrogen and oxygen atoms in total. The monoisotopic (exact) mass is 308 g/mol. The highest BCUT2D eigenvalue weighted by atomic mass is 19.1. The van der Waals surface area contributed by atoms with E-state index in [1.54, 1.807) is 6.07 Å². The van der Waals surface area contributed by atoms with E-state index in [9.17, 15) is 18.4 Å². The number of carbonyl (C=O) groups excluding carboxylic acids is 2. The Morgan fingerprint density at radius 3 is 2.45 bits per heavy atom. The normalized spacial score (nSPS) is 20.6. The Morgan fingerprint density at radius 2 is 1.95 bits per heavy atom. The average Bonchev–Trinajstić information content (AvgIpc) is 2.88. The Kier molecular flexibility index (Phi) is 4.13. The highest BCUT2D eigenvalue weighted by Crippen LogP contribution is 2.32. The molecule has 0 N–H and O–H groups in total. The molecule has 1 amide bonds. The number of benzene rings is 1. The molecular weight excluding hydrogens is 294 g/mol. The lowest BCUT2D eigenvalue weighted by Crippen LogP contribution is -2.51. The van der Waals surface area contributed by atoms with Crippen LogP contribution >= 0.6 is 0 Å². The Balaban J connectivity index is 2.45. The molecule has 1 aliphatic rings. The van der Waals surface area contributed by atoms with Gasteiger partial charge in [-0.25, -0.2) is 13.6 Å². The van der Waals surface area contributed by atoms with Crippen molar-refractivity contribution in [2.45, 2.75) is 25.3 Å². The minimum atomic E-state index is -1.25. The zero-order valence-corrected chi connectivity index (χ0v) is 12.2. The van der Waals surface area contributed by atoms with Gasteiger partial charge >= 0.3 is 5.97 Å². The van der Waals surface area contributed by atoms with Gasteiger partial charge in [-0.15, -0.1) is 0 Å². The van der Waals surface area contributed by atoms with Gasteiger partial charge < -0.3 is 9.64 Å². The molecule has 1 fully saturated rings. The molecule has 7 heteroatoms. The molecule has 0 unspecified atom stereocenters. The van der Waals surface area contributed by atoms with E-state index in [2.05, 4.69) is 4.74 Å². The lowest BCUT2D eigenvalue weighted by Gasteiger charge is -2.32. The number of nitriles is 1. The van der Waals surface area contributed by atoms with Crippen LogP contribution < -0.4 is 0 Å². The fraction of sp³-hybridized carbons (Fsp3) is 0.400. The SMILES string of the molecule is COC(=O)[C@@]1(C)CCCN1C(=O)c1c(F)cc(C#N)cc1F. The van der Waals surface area contributed by atoms with Gasteiger partial charge in [0.25, 0.3) is 5.91 Å². The van der Waals surface area contributed by atoms with Gasteiger partial charge in [0.05, 0.1) is 18.7 Å². The van der Waals surface area contributed by atoms with E-state index in [1.807, 2.05) is 0 Å². The van der Waals surface area contributed by atoms with Crippen LogP contribution in [0.25, 0.3) is 0 Å². The third-order valence-corrected chi connectivity index (χ3v) is 3.90. The van der Waals surface area contributed by atoms with Crippen molar-refractivity contribution in [2.75, 3.05) is 13.7 Å². The molecule has 0 radical (unpaired) electrons. The number of rotatable bonds is 2. The van der Waals surface area contributed by atoms with Gasteiger partial charge in [-0.2, -0.15) is 5.26 Å². The van der Waals surface area contributed by atoms with Crippen molar-refractivity contribution in [3.63, 3.8) is 0 Å². The second-order valence-corrected chi connectivity index (χ2v) is 5.25. The first-order chi connectivity index (χ1) is 10.3. The summed E-state index contributed by atoms with van der Waals surface area (Å²) in [5.74, 6) is -3.81. The number of esters is 1. The second kappa shape index (κ2) is 5.72. The summed E-state index contributed by atoms with van der Waals surface area (Å²) in [6.07, 6.45) is 0.877. The summed E-state index contributed by atoms with van der Waals surface area (Å²) in [6, 6.07) is 3.20. The smallest absolute Gasteiger partial charge is 0.331 e. The molecule has 1 atom stereocenters. The van der Waals surface area contributed by atoms with Gasteiger partial charge in [0, 0.05) is 6.54 Å². The molecule has 22 heavy (non-hydrogen) atoms. The molecule has 0 bridgehead atoms. The fourth-order valence-corrected chi connectivity index (χ4v) is 2.70. The van der Waals surface area contributed by atoms with Crippen LogP contribution in [0.4, 0.5) is 8.78 Å². The maximum atomic E-state index is 14.0. The van der Waals surface area contributed by atoms with E-state index >= 15 is 0 Å². The first-order valence-electron chi connectivity index (χ1n) is 6.64. The quantitative estimate of drug-likeness (QED) is 0.784. The van der Waals surface area contributed by atoms with Crippen molar-refractivity contribution in [1.82, 2.24) is 4.90 Å². The molecule has 0 spiro atoms. The molecule has 116 valence electrons. The number of hydrogen-bond acceptors (Lipinski definition) is 4. The molecule has 1 heterocycles. The molecule has 1 saturated heterocycles. The van der Waals surface area contributed by atoms with E-state index in [0.717, 1.165) is 17.0 Å². The number of likely N-dealkylation sites (tertiary alicyclic amines) is 1. The Labute approximate surface area is 126 Å². The number of carbonyl (C=O) groups is 2. The molecule has 0 aliphatic carbocycles. The van der Waals surface area contributed by atoms with Crippen LogP contribution in [-0.4, -0.2) is 36.0 Å². The number of ether oxygens (including phenoxy) is 1. The van der Waals surface area contributed by atoms with Crippen molar-refractivity contribution >= 4 is 11.9 Å². The topological polar surface area (TPSA) is 70.4 Å². The Hall–Kier alpha value is -2.49.